The van der Waals surface area contributed by atoms with Crippen LogP contribution in [0.15, 0.2) is 23.1 Å². The Morgan fingerprint density at radius 2 is 1.65 bits per heavy atom. The van der Waals surface area contributed by atoms with Gasteiger partial charge in [-0.15, -0.1) is 0 Å². The predicted molar refractivity (Wildman–Crippen MR) is 118 cm³/mol. The molecule has 0 bridgehead atoms. The molecule has 0 radical (unpaired) electrons. The minimum absolute atomic E-state index is 0.0741. The van der Waals surface area contributed by atoms with E-state index in [2.05, 4.69) is 4.72 Å². The van der Waals surface area contributed by atoms with E-state index in [9.17, 15) is 18.0 Å². The number of sulfonamides is 1. The molecule has 2 rings (SSSR count). The van der Waals surface area contributed by atoms with Gasteiger partial charge in [-0.05, 0) is 38.8 Å². The number of amides is 1. The Morgan fingerprint density at radius 1 is 1.13 bits per heavy atom. The monoisotopic (exact) mass is 494 g/mol. The van der Waals surface area contributed by atoms with Gasteiger partial charge in [0.05, 0.1) is 22.3 Å². The van der Waals surface area contributed by atoms with Crippen molar-refractivity contribution in [2.45, 2.75) is 63.9 Å². The highest BCUT2D eigenvalue weighted by atomic mass is 35.5. The van der Waals surface area contributed by atoms with Gasteiger partial charge in [0, 0.05) is 13.1 Å². The minimum Gasteiger partial charge on any atom is -0.451 e. The van der Waals surface area contributed by atoms with Gasteiger partial charge in [-0.1, -0.05) is 43.1 Å². The van der Waals surface area contributed by atoms with Crippen LogP contribution >= 0.6 is 23.2 Å². The maximum absolute atomic E-state index is 12.9. The highest BCUT2D eigenvalue weighted by Crippen LogP contribution is 2.29. The van der Waals surface area contributed by atoms with E-state index in [1.807, 2.05) is 13.8 Å². The van der Waals surface area contributed by atoms with Gasteiger partial charge >= 0.3 is 5.97 Å². The molecule has 1 N–H and O–H groups in total. The average Bonchev–Trinajstić information content (AvgIpc) is 2.64. The fraction of sp³-hybridized carbons (Fsp3) is 0.600. The number of halogens is 2. The van der Waals surface area contributed by atoms with Crippen LogP contribution in [0.4, 0.5) is 0 Å². The van der Waals surface area contributed by atoms with E-state index in [1.165, 1.54) is 25.1 Å². The van der Waals surface area contributed by atoms with Crippen molar-refractivity contribution >= 4 is 45.1 Å². The molecule has 0 aliphatic carbocycles. The predicted octanol–water partition coefficient (Wildman–Crippen LogP) is 2.86. The Morgan fingerprint density at radius 3 is 2.13 bits per heavy atom. The third-order valence-corrected chi connectivity index (χ3v) is 7.16. The summed E-state index contributed by atoms with van der Waals surface area (Å²) in [6, 6.07) is 3.04. The number of benzene rings is 1. The molecular formula is C20H28Cl2N2O6S. The summed E-state index contributed by atoms with van der Waals surface area (Å²) in [5.74, 6) is -1.69. The Hall–Kier alpha value is -1.39. The summed E-state index contributed by atoms with van der Waals surface area (Å²) in [6.07, 6.45) is -1.35. The Balaban J connectivity index is 2.14. The second-order valence-electron chi connectivity index (χ2n) is 7.97. The summed E-state index contributed by atoms with van der Waals surface area (Å²) in [5.41, 5.74) is 0. The second-order valence-corrected chi connectivity index (χ2v) is 10.4. The van der Waals surface area contributed by atoms with Gasteiger partial charge < -0.3 is 14.4 Å². The quantitative estimate of drug-likeness (QED) is 0.584. The van der Waals surface area contributed by atoms with Crippen LogP contribution in [0.2, 0.25) is 10.0 Å². The highest BCUT2D eigenvalue weighted by molar-refractivity contribution is 7.89. The number of morpholine rings is 1. The van der Waals surface area contributed by atoms with Gasteiger partial charge in [0.2, 0.25) is 10.0 Å². The molecule has 1 aromatic carbocycles. The van der Waals surface area contributed by atoms with Crippen LogP contribution in [0.25, 0.3) is 0 Å². The third kappa shape index (κ3) is 6.55. The van der Waals surface area contributed by atoms with Crippen LogP contribution < -0.4 is 4.72 Å². The van der Waals surface area contributed by atoms with Gasteiger partial charge in [-0.25, -0.2) is 8.42 Å². The molecular weight excluding hydrogens is 467 g/mol. The smallest absolute Gasteiger partial charge is 0.325 e. The van der Waals surface area contributed by atoms with E-state index in [4.69, 9.17) is 32.7 Å². The number of carbonyl (C=O) groups is 2. The maximum atomic E-state index is 12.9. The molecule has 0 unspecified atom stereocenters. The number of hydrogen-bond donors (Lipinski definition) is 1. The van der Waals surface area contributed by atoms with Crippen molar-refractivity contribution in [3.8, 4) is 0 Å². The Labute approximate surface area is 193 Å². The zero-order valence-electron chi connectivity index (χ0n) is 18.1. The van der Waals surface area contributed by atoms with E-state index in [0.29, 0.717) is 13.1 Å². The normalized spacial score (nSPS) is 21.6. The maximum Gasteiger partial charge on any atom is 0.325 e. The Kier molecular flexibility index (Phi) is 8.75. The lowest BCUT2D eigenvalue weighted by atomic mass is 10.1. The number of hydrogen-bond acceptors (Lipinski definition) is 6. The van der Waals surface area contributed by atoms with E-state index in [-0.39, 0.29) is 33.1 Å². The lowest BCUT2D eigenvalue weighted by Gasteiger charge is -2.36. The SMILES string of the molecule is CC(C)[C@@H](NS(=O)(=O)c1c(Cl)cccc1Cl)C(=O)O[C@H](C)C(=O)N1C[C@H](C)O[C@@H](C)C1. The molecule has 174 valence electrons. The van der Waals surface area contributed by atoms with Crippen molar-refractivity contribution in [1.82, 2.24) is 9.62 Å². The van der Waals surface area contributed by atoms with Gasteiger partial charge in [-0.2, -0.15) is 4.72 Å². The molecule has 0 aromatic heterocycles. The van der Waals surface area contributed by atoms with E-state index < -0.39 is 34.1 Å². The number of nitrogens with one attached hydrogen (secondary N) is 1. The minimum atomic E-state index is -4.23. The van der Waals surface area contributed by atoms with E-state index in [0.717, 1.165) is 0 Å². The van der Waals surface area contributed by atoms with Crippen molar-refractivity contribution < 1.29 is 27.5 Å². The standard InChI is InChI=1S/C20H28Cl2N2O6S/c1-11(2)17(23-31(27,28)18-15(21)7-6-8-16(18)22)20(26)30-14(5)19(25)24-9-12(3)29-13(4)10-24/h6-8,11-14,17,23H,9-10H2,1-5H3/t12-,13-,14+,17+/m0/s1. The lowest BCUT2D eigenvalue weighted by Crippen LogP contribution is -2.52. The first-order valence-corrected chi connectivity index (χ1v) is 12.2. The van der Waals surface area contributed by atoms with Crippen molar-refractivity contribution in [1.29, 1.82) is 0 Å². The topological polar surface area (TPSA) is 102 Å². The fourth-order valence-electron chi connectivity index (χ4n) is 3.33. The molecule has 1 fully saturated rings. The summed E-state index contributed by atoms with van der Waals surface area (Å²) in [6.45, 7) is 9.25. The van der Waals surface area contributed by atoms with Crippen LogP contribution in [0, 0.1) is 5.92 Å². The summed E-state index contributed by atoms with van der Waals surface area (Å²) in [7, 11) is -4.23. The molecule has 31 heavy (non-hydrogen) atoms. The molecule has 1 heterocycles. The van der Waals surface area contributed by atoms with Crippen LogP contribution in [-0.2, 0) is 29.1 Å². The van der Waals surface area contributed by atoms with Crippen molar-refractivity contribution in [3.63, 3.8) is 0 Å². The van der Waals surface area contributed by atoms with Gasteiger partial charge in [0.15, 0.2) is 6.10 Å². The summed E-state index contributed by atoms with van der Waals surface area (Å²) in [5, 5.41) is -0.148. The van der Waals surface area contributed by atoms with Gasteiger partial charge in [0.25, 0.3) is 5.91 Å². The number of rotatable bonds is 7. The Bertz CT molecular complexity index is 894. The average molecular weight is 495 g/mol. The summed E-state index contributed by atoms with van der Waals surface area (Å²) in [4.78, 5) is 26.8. The molecule has 1 aliphatic rings. The number of esters is 1. The molecule has 11 heteroatoms. The largest absolute Gasteiger partial charge is 0.451 e. The molecule has 1 saturated heterocycles. The molecule has 4 atom stereocenters. The molecule has 0 spiro atoms. The zero-order chi connectivity index (χ0) is 23.5. The molecule has 1 aromatic rings. The highest BCUT2D eigenvalue weighted by Gasteiger charge is 2.35. The van der Waals surface area contributed by atoms with Crippen molar-refractivity contribution in [2.75, 3.05) is 13.1 Å². The summed E-state index contributed by atoms with van der Waals surface area (Å²) >= 11 is 12.0. The number of nitrogens with zero attached hydrogens (tertiary/aromatic N) is 1. The molecule has 1 aliphatic heterocycles. The number of ether oxygens (including phenoxy) is 2. The fourth-order valence-corrected chi connectivity index (χ4v) is 5.81. The zero-order valence-corrected chi connectivity index (χ0v) is 20.4. The lowest BCUT2D eigenvalue weighted by molar-refractivity contribution is -0.166. The van der Waals surface area contributed by atoms with Crippen LogP contribution in [0.5, 0.6) is 0 Å². The number of carbonyl (C=O) groups excluding carboxylic acids is 2. The first-order chi connectivity index (χ1) is 14.3. The first-order valence-electron chi connectivity index (χ1n) is 9.94. The van der Waals surface area contributed by atoms with Crippen molar-refractivity contribution in [2.24, 2.45) is 5.92 Å². The molecule has 1 amide bonds. The second kappa shape index (κ2) is 10.5. The van der Waals surface area contributed by atoms with Crippen LogP contribution in [0.1, 0.15) is 34.6 Å². The molecule has 8 nitrogen and oxygen atoms in total. The van der Waals surface area contributed by atoms with Crippen LogP contribution in [0.3, 0.4) is 0 Å². The summed E-state index contributed by atoms with van der Waals surface area (Å²) < 4.78 is 39.0. The van der Waals surface area contributed by atoms with E-state index in [1.54, 1.807) is 18.7 Å². The third-order valence-electron chi connectivity index (χ3n) is 4.76. The first kappa shape index (κ1) is 25.9. The van der Waals surface area contributed by atoms with E-state index >= 15 is 0 Å². The van der Waals surface area contributed by atoms with Crippen molar-refractivity contribution in [3.05, 3.63) is 28.2 Å². The van der Waals surface area contributed by atoms with Gasteiger partial charge in [-0.3, -0.25) is 9.59 Å². The molecule has 0 saturated carbocycles. The van der Waals surface area contributed by atoms with Gasteiger partial charge in [0.1, 0.15) is 10.9 Å². The van der Waals surface area contributed by atoms with Crippen LogP contribution in [-0.4, -0.2) is 62.6 Å².